The van der Waals surface area contributed by atoms with E-state index in [0.717, 1.165) is 28.9 Å². The molecular weight excluding hydrogens is 408 g/mol. The predicted molar refractivity (Wildman–Crippen MR) is 97.6 cm³/mol. The van der Waals surface area contributed by atoms with Crippen LogP contribution in [-0.2, 0) is 13.1 Å². The lowest BCUT2D eigenvalue weighted by Crippen LogP contribution is -2.15. The Morgan fingerprint density at radius 1 is 1.03 bits per heavy atom. The van der Waals surface area contributed by atoms with Gasteiger partial charge in [-0.3, -0.25) is 4.79 Å². The van der Waals surface area contributed by atoms with Gasteiger partial charge in [-0.1, -0.05) is 22.5 Å². The van der Waals surface area contributed by atoms with Crippen LogP contribution in [0, 0.1) is 23.3 Å². The maximum Gasteiger partial charge on any atom is 0.273 e. The van der Waals surface area contributed by atoms with Gasteiger partial charge in [0.2, 0.25) is 0 Å². The standard InChI is InChI=1S/C10H9F2N5O.C7H5F2N3/c11-6-2-1-3-7(12)5(6)4-17-9(13)8(10(14)18)15-16-17;8-6-2-1-3-7(9)5(6)4-11-12-10/h1-3H,4,13H2,(H2,14,18);1-3H,4H2. The molecule has 156 valence electrons. The second-order valence-electron chi connectivity index (χ2n) is 5.63. The van der Waals surface area contributed by atoms with Crippen LogP contribution in [0.1, 0.15) is 21.6 Å². The van der Waals surface area contributed by atoms with Gasteiger partial charge in [0.05, 0.1) is 13.1 Å². The van der Waals surface area contributed by atoms with Gasteiger partial charge in [0.25, 0.3) is 5.91 Å². The van der Waals surface area contributed by atoms with E-state index >= 15 is 0 Å². The van der Waals surface area contributed by atoms with Crippen LogP contribution < -0.4 is 11.5 Å². The number of nitrogens with two attached hydrogens (primary N) is 2. The summed E-state index contributed by atoms with van der Waals surface area (Å²) < 4.78 is 53.3. The number of carbonyl (C=O) groups is 1. The summed E-state index contributed by atoms with van der Waals surface area (Å²) in [6.07, 6.45) is 0. The molecule has 0 aliphatic heterocycles. The molecule has 3 aromatic rings. The maximum absolute atomic E-state index is 13.4. The van der Waals surface area contributed by atoms with Crippen molar-refractivity contribution in [1.29, 1.82) is 0 Å². The third-order valence-electron chi connectivity index (χ3n) is 3.73. The maximum atomic E-state index is 13.4. The number of nitrogen functional groups attached to an aromatic ring is 1. The lowest BCUT2D eigenvalue weighted by atomic mass is 10.2. The highest BCUT2D eigenvalue weighted by Gasteiger charge is 2.17. The molecule has 13 heteroatoms. The smallest absolute Gasteiger partial charge is 0.273 e. The number of primary amides is 1. The summed E-state index contributed by atoms with van der Waals surface area (Å²) in [5, 5.41) is 10.0. The van der Waals surface area contributed by atoms with E-state index in [0.29, 0.717) is 0 Å². The Hall–Kier alpha value is -4.12. The molecule has 0 saturated heterocycles. The Balaban J connectivity index is 0.000000232. The molecule has 1 aromatic heterocycles. The first-order valence-electron chi connectivity index (χ1n) is 8.11. The highest BCUT2D eigenvalue weighted by molar-refractivity contribution is 5.94. The molecule has 0 unspecified atom stereocenters. The van der Waals surface area contributed by atoms with Crippen LogP contribution in [0.15, 0.2) is 41.5 Å². The second-order valence-corrected chi connectivity index (χ2v) is 5.63. The molecule has 0 fully saturated rings. The Morgan fingerprint density at radius 2 is 1.53 bits per heavy atom. The fraction of sp³-hybridized carbons (Fsp3) is 0.118. The fourth-order valence-corrected chi connectivity index (χ4v) is 2.23. The largest absolute Gasteiger partial charge is 0.382 e. The predicted octanol–water partition coefficient (Wildman–Crippen LogP) is 3.06. The van der Waals surface area contributed by atoms with Crippen molar-refractivity contribution >= 4 is 11.7 Å². The summed E-state index contributed by atoms with van der Waals surface area (Å²) >= 11 is 0. The van der Waals surface area contributed by atoms with Crippen molar-refractivity contribution in [2.24, 2.45) is 10.8 Å². The van der Waals surface area contributed by atoms with Crippen LogP contribution in [0.5, 0.6) is 0 Å². The summed E-state index contributed by atoms with van der Waals surface area (Å²) in [5.74, 6) is -3.83. The Bertz CT molecular complexity index is 1070. The number of halogens is 4. The summed E-state index contributed by atoms with van der Waals surface area (Å²) in [7, 11) is 0. The Labute approximate surface area is 166 Å². The molecule has 0 aliphatic rings. The molecule has 3 rings (SSSR count). The van der Waals surface area contributed by atoms with Crippen LogP contribution in [-0.4, -0.2) is 20.9 Å². The van der Waals surface area contributed by atoms with E-state index in [1.807, 2.05) is 0 Å². The van der Waals surface area contributed by atoms with Gasteiger partial charge in [0, 0.05) is 16.0 Å². The van der Waals surface area contributed by atoms with E-state index in [1.165, 1.54) is 12.1 Å². The summed E-state index contributed by atoms with van der Waals surface area (Å²) in [6.45, 7) is -0.570. The van der Waals surface area contributed by atoms with Gasteiger partial charge in [0.1, 0.15) is 23.3 Å². The van der Waals surface area contributed by atoms with Gasteiger partial charge < -0.3 is 11.5 Å². The van der Waals surface area contributed by atoms with E-state index in [9.17, 15) is 22.4 Å². The topological polar surface area (TPSA) is 149 Å². The van der Waals surface area contributed by atoms with E-state index in [4.69, 9.17) is 17.0 Å². The highest BCUT2D eigenvalue weighted by Crippen LogP contribution is 2.16. The molecule has 0 bridgehead atoms. The number of anilines is 1. The zero-order valence-electron chi connectivity index (χ0n) is 15.1. The number of aromatic nitrogens is 3. The van der Waals surface area contributed by atoms with Crippen LogP contribution in [0.25, 0.3) is 10.4 Å². The average Bonchev–Trinajstić information content (AvgIpc) is 3.06. The molecule has 0 saturated carbocycles. The van der Waals surface area contributed by atoms with E-state index < -0.39 is 29.2 Å². The molecule has 4 N–H and O–H groups in total. The van der Waals surface area contributed by atoms with Crippen molar-refractivity contribution in [3.63, 3.8) is 0 Å². The minimum atomic E-state index is -0.854. The lowest BCUT2D eigenvalue weighted by Gasteiger charge is -2.05. The zero-order valence-corrected chi connectivity index (χ0v) is 15.1. The number of rotatable bonds is 5. The van der Waals surface area contributed by atoms with Crippen molar-refractivity contribution in [3.05, 3.63) is 86.9 Å². The van der Waals surface area contributed by atoms with Crippen molar-refractivity contribution in [1.82, 2.24) is 15.0 Å². The lowest BCUT2D eigenvalue weighted by molar-refractivity contribution is 0.0996. The molecule has 0 atom stereocenters. The molecular formula is C17H14F4N8O. The number of azide groups is 1. The first-order chi connectivity index (χ1) is 14.3. The van der Waals surface area contributed by atoms with E-state index in [1.54, 1.807) is 0 Å². The summed E-state index contributed by atoms with van der Waals surface area (Å²) in [6, 6.07) is 6.95. The van der Waals surface area contributed by atoms with Gasteiger partial charge in [-0.05, 0) is 29.8 Å². The number of nitrogens with zero attached hydrogens (tertiary/aromatic N) is 6. The third kappa shape index (κ3) is 5.23. The molecule has 1 heterocycles. The van der Waals surface area contributed by atoms with Gasteiger partial charge in [-0.2, -0.15) is 0 Å². The highest BCUT2D eigenvalue weighted by atomic mass is 19.1. The summed E-state index contributed by atoms with van der Waals surface area (Å²) in [4.78, 5) is 13.3. The van der Waals surface area contributed by atoms with Gasteiger partial charge >= 0.3 is 0 Å². The second kappa shape index (κ2) is 9.89. The van der Waals surface area contributed by atoms with Crippen molar-refractivity contribution < 1.29 is 22.4 Å². The molecule has 0 radical (unpaired) electrons. The van der Waals surface area contributed by atoms with E-state index in [-0.39, 0.29) is 35.7 Å². The minimum Gasteiger partial charge on any atom is -0.382 e. The van der Waals surface area contributed by atoms with Crippen molar-refractivity contribution in [2.75, 3.05) is 5.73 Å². The molecule has 1 amide bonds. The number of amides is 1. The SMILES string of the molecule is NC(=O)c1nnn(Cc2c(F)cccc2F)c1N.[N-]=[N+]=NCc1c(F)cccc1F. The Morgan fingerprint density at radius 3 is 1.97 bits per heavy atom. The number of carbonyl (C=O) groups excluding carboxylic acids is 1. The average molecular weight is 422 g/mol. The van der Waals surface area contributed by atoms with Gasteiger partial charge in [0.15, 0.2) is 11.5 Å². The minimum absolute atomic E-state index is 0.134. The van der Waals surface area contributed by atoms with Crippen LogP contribution in [0.2, 0.25) is 0 Å². The van der Waals surface area contributed by atoms with Crippen LogP contribution >= 0.6 is 0 Å². The normalized spacial score (nSPS) is 10.0. The fourth-order valence-electron chi connectivity index (χ4n) is 2.23. The molecule has 2 aromatic carbocycles. The first-order valence-corrected chi connectivity index (χ1v) is 8.11. The van der Waals surface area contributed by atoms with Crippen LogP contribution in [0.4, 0.5) is 23.4 Å². The molecule has 0 aliphatic carbocycles. The van der Waals surface area contributed by atoms with Crippen molar-refractivity contribution in [2.45, 2.75) is 13.1 Å². The van der Waals surface area contributed by atoms with Crippen LogP contribution in [0.3, 0.4) is 0 Å². The monoisotopic (exact) mass is 422 g/mol. The third-order valence-corrected chi connectivity index (χ3v) is 3.73. The van der Waals surface area contributed by atoms with E-state index in [2.05, 4.69) is 20.3 Å². The summed E-state index contributed by atoms with van der Waals surface area (Å²) in [5.41, 5.74) is 17.8. The first kappa shape index (κ1) is 22.2. The number of hydrogen-bond acceptors (Lipinski definition) is 5. The number of hydrogen-bond donors (Lipinski definition) is 2. The quantitative estimate of drug-likeness (QED) is 0.281. The molecule has 30 heavy (non-hydrogen) atoms. The zero-order chi connectivity index (χ0) is 22.3. The molecule has 9 nitrogen and oxygen atoms in total. The van der Waals surface area contributed by atoms with Crippen molar-refractivity contribution in [3.8, 4) is 0 Å². The van der Waals surface area contributed by atoms with Gasteiger partial charge in [-0.25, -0.2) is 22.2 Å². The van der Waals surface area contributed by atoms with Gasteiger partial charge in [-0.15, -0.1) is 5.10 Å². The Kier molecular flexibility index (Phi) is 7.31. The number of benzene rings is 2. The molecule has 0 spiro atoms.